The van der Waals surface area contributed by atoms with E-state index >= 15 is 0 Å². The Morgan fingerprint density at radius 3 is 1.06 bits per heavy atom. The Balaban J connectivity index is 1.08. The molecule has 0 aliphatic rings. The van der Waals surface area contributed by atoms with E-state index in [0.717, 1.165) is 66.8 Å². The van der Waals surface area contributed by atoms with Gasteiger partial charge in [-0.25, -0.2) is 15.0 Å². The first-order chi connectivity index (χ1) is 33.2. The molecular weight excluding hydrogens is 813 g/mol. The molecule has 11 aromatic carbocycles. The molecule has 0 spiro atoms. The van der Waals surface area contributed by atoms with E-state index in [1.54, 1.807) is 0 Å². The maximum atomic E-state index is 5.44. The second-order valence-electron chi connectivity index (χ2n) is 17.2. The van der Waals surface area contributed by atoms with Gasteiger partial charge in [0.15, 0.2) is 17.5 Å². The Bertz CT molecular complexity index is 3880. The van der Waals surface area contributed by atoms with E-state index in [-0.39, 0.29) is 0 Å². The summed E-state index contributed by atoms with van der Waals surface area (Å²) in [5.74, 6) is 1.81. The number of hydrogen-bond acceptors (Lipinski definition) is 3. The molecule has 0 fully saturated rings. The van der Waals surface area contributed by atoms with Gasteiger partial charge in [0.2, 0.25) is 0 Å². The second-order valence-corrected chi connectivity index (χ2v) is 17.2. The molecular formula is C63H40N4. The number of rotatable bonds is 7. The standard InChI is InChI=1S/C63H40N4/c1-4-18-41(19-5-1)45-34-46(42-20-6-2-7-21-42)36-48(35-45)62-64-61(43-22-8-3-9-23-43)65-63(66-62)49-37-47(38-50(39-49)67-59-30-16-14-28-56(59)57-29-15-17-31-60(57)67)44-32-33-55-53-26-11-10-24-51(53)52-25-12-13-27-54(52)58(55)40-44/h1-40H. The SMILES string of the molecule is c1ccc(-c2cc(-c3ccccc3)cc(-c3nc(-c4ccccc4)nc(-c4cc(-c5ccc6c7ccccc7c7ccccc7c6c5)cc(-n5c6ccccc6c6ccccc65)c4)n3)c2)cc1. The van der Waals surface area contributed by atoms with Crippen molar-refractivity contribution in [2.24, 2.45) is 0 Å². The van der Waals surface area contributed by atoms with E-state index in [0.29, 0.717) is 17.5 Å². The molecule has 0 radical (unpaired) electrons. The third-order valence-electron chi connectivity index (χ3n) is 13.2. The summed E-state index contributed by atoms with van der Waals surface area (Å²) in [6, 6.07) is 86.6. The van der Waals surface area contributed by atoms with Gasteiger partial charge in [-0.3, -0.25) is 0 Å². The molecule has 312 valence electrons. The number of benzene rings is 11. The topological polar surface area (TPSA) is 43.6 Å². The molecule has 0 saturated carbocycles. The van der Waals surface area contributed by atoms with Crippen LogP contribution in [0.15, 0.2) is 243 Å². The molecule has 0 atom stereocenters. The van der Waals surface area contributed by atoms with Crippen LogP contribution in [0.5, 0.6) is 0 Å². The van der Waals surface area contributed by atoms with Crippen molar-refractivity contribution in [3.05, 3.63) is 243 Å². The summed E-state index contributed by atoms with van der Waals surface area (Å²) in [5, 5.41) is 9.86. The first-order valence-electron chi connectivity index (χ1n) is 22.8. The summed E-state index contributed by atoms with van der Waals surface area (Å²) in [4.78, 5) is 16.0. The number of para-hydroxylation sites is 2. The molecule has 13 rings (SSSR count). The fraction of sp³-hybridized carbons (Fsp3) is 0. The van der Waals surface area contributed by atoms with Crippen molar-refractivity contribution < 1.29 is 0 Å². The van der Waals surface area contributed by atoms with Crippen molar-refractivity contribution in [3.63, 3.8) is 0 Å². The molecule has 2 heterocycles. The Morgan fingerprint density at radius 2 is 0.552 bits per heavy atom. The van der Waals surface area contributed by atoms with Crippen LogP contribution in [0.2, 0.25) is 0 Å². The van der Waals surface area contributed by atoms with Gasteiger partial charge in [-0.1, -0.05) is 188 Å². The van der Waals surface area contributed by atoms with Gasteiger partial charge < -0.3 is 4.57 Å². The fourth-order valence-electron chi connectivity index (χ4n) is 10.0. The third kappa shape index (κ3) is 6.74. The smallest absolute Gasteiger partial charge is 0.164 e. The van der Waals surface area contributed by atoms with Crippen molar-refractivity contribution in [3.8, 4) is 73.2 Å². The largest absolute Gasteiger partial charge is 0.309 e. The van der Waals surface area contributed by atoms with Gasteiger partial charge in [-0.05, 0) is 120 Å². The third-order valence-corrected chi connectivity index (χ3v) is 13.2. The predicted octanol–water partition coefficient (Wildman–Crippen LogP) is 16.4. The molecule has 0 aliphatic heterocycles. The highest BCUT2D eigenvalue weighted by molar-refractivity contribution is 6.25. The van der Waals surface area contributed by atoms with Crippen molar-refractivity contribution in [1.82, 2.24) is 19.5 Å². The average Bonchev–Trinajstić information content (AvgIpc) is 3.75. The van der Waals surface area contributed by atoms with E-state index < -0.39 is 0 Å². The predicted molar refractivity (Wildman–Crippen MR) is 279 cm³/mol. The average molecular weight is 853 g/mol. The van der Waals surface area contributed by atoms with Crippen LogP contribution in [0.1, 0.15) is 0 Å². The van der Waals surface area contributed by atoms with Crippen LogP contribution in [0.4, 0.5) is 0 Å². The zero-order chi connectivity index (χ0) is 44.3. The highest BCUT2D eigenvalue weighted by Crippen LogP contribution is 2.41. The summed E-state index contributed by atoms with van der Waals surface area (Å²) in [6.07, 6.45) is 0. The van der Waals surface area contributed by atoms with Crippen LogP contribution in [-0.4, -0.2) is 19.5 Å². The second kappa shape index (κ2) is 15.9. The van der Waals surface area contributed by atoms with Gasteiger partial charge in [0, 0.05) is 33.2 Å². The minimum absolute atomic E-state index is 0.594. The monoisotopic (exact) mass is 852 g/mol. The van der Waals surface area contributed by atoms with Crippen LogP contribution in [0.3, 0.4) is 0 Å². The van der Waals surface area contributed by atoms with Crippen LogP contribution in [0.25, 0.3) is 127 Å². The van der Waals surface area contributed by atoms with Gasteiger partial charge in [-0.2, -0.15) is 0 Å². The minimum atomic E-state index is 0.594. The number of nitrogens with zero attached hydrogens (tertiary/aromatic N) is 4. The first-order valence-corrected chi connectivity index (χ1v) is 22.8. The van der Waals surface area contributed by atoms with Crippen molar-refractivity contribution >= 4 is 54.1 Å². The van der Waals surface area contributed by atoms with Crippen molar-refractivity contribution in [1.29, 1.82) is 0 Å². The molecule has 4 heteroatoms. The number of fused-ring (bicyclic) bond motifs is 9. The summed E-state index contributed by atoms with van der Waals surface area (Å²) in [5.41, 5.74) is 12.6. The number of hydrogen-bond donors (Lipinski definition) is 0. The lowest BCUT2D eigenvalue weighted by Gasteiger charge is -2.16. The summed E-state index contributed by atoms with van der Waals surface area (Å²) < 4.78 is 2.39. The lowest BCUT2D eigenvalue weighted by Crippen LogP contribution is -2.02. The van der Waals surface area contributed by atoms with Crippen LogP contribution in [-0.2, 0) is 0 Å². The molecule has 0 amide bonds. The molecule has 2 aromatic heterocycles. The maximum Gasteiger partial charge on any atom is 0.164 e. The normalized spacial score (nSPS) is 11.6. The van der Waals surface area contributed by atoms with E-state index in [1.807, 2.05) is 18.2 Å². The Morgan fingerprint density at radius 1 is 0.209 bits per heavy atom. The molecule has 0 aliphatic carbocycles. The molecule has 0 unspecified atom stereocenters. The molecule has 0 N–H and O–H groups in total. The quantitative estimate of drug-likeness (QED) is 0.150. The van der Waals surface area contributed by atoms with Crippen molar-refractivity contribution in [2.45, 2.75) is 0 Å². The van der Waals surface area contributed by atoms with E-state index in [4.69, 9.17) is 15.0 Å². The van der Waals surface area contributed by atoms with E-state index in [2.05, 4.69) is 229 Å². The fourth-order valence-corrected chi connectivity index (χ4v) is 10.0. The molecule has 0 bridgehead atoms. The summed E-state index contributed by atoms with van der Waals surface area (Å²) in [6.45, 7) is 0. The minimum Gasteiger partial charge on any atom is -0.309 e. The maximum absolute atomic E-state index is 5.44. The van der Waals surface area contributed by atoms with Crippen LogP contribution < -0.4 is 0 Å². The lowest BCUT2D eigenvalue weighted by molar-refractivity contribution is 1.07. The van der Waals surface area contributed by atoms with Crippen molar-refractivity contribution in [2.75, 3.05) is 0 Å². The zero-order valence-electron chi connectivity index (χ0n) is 36.4. The number of aromatic nitrogens is 4. The summed E-state index contributed by atoms with van der Waals surface area (Å²) >= 11 is 0. The molecule has 13 aromatic rings. The van der Waals surface area contributed by atoms with Gasteiger partial charge in [-0.15, -0.1) is 0 Å². The molecule has 4 nitrogen and oxygen atoms in total. The van der Waals surface area contributed by atoms with Gasteiger partial charge >= 0.3 is 0 Å². The Kier molecular flexibility index (Phi) is 9.14. The van der Waals surface area contributed by atoms with Gasteiger partial charge in [0.1, 0.15) is 0 Å². The summed E-state index contributed by atoms with van der Waals surface area (Å²) in [7, 11) is 0. The van der Waals surface area contributed by atoms with Crippen LogP contribution >= 0.6 is 0 Å². The van der Waals surface area contributed by atoms with E-state index in [1.165, 1.54) is 43.1 Å². The Labute approximate surface area is 387 Å². The highest BCUT2D eigenvalue weighted by atomic mass is 15.0. The lowest BCUT2D eigenvalue weighted by atomic mass is 9.91. The van der Waals surface area contributed by atoms with Gasteiger partial charge in [0.25, 0.3) is 0 Å². The van der Waals surface area contributed by atoms with Crippen LogP contribution in [0, 0.1) is 0 Å². The Hall–Kier alpha value is -8.99. The molecule has 67 heavy (non-hydrogen) atoms. The first kappa shape index (κ1) is 38.5. The van der Waals surface area contributed by atoms with E-state index in [9.17, 15) is 0 Å². The zero-order valence-corrected chi connectivity index (χ0v) is 36.4. The molecule has 0 saturated heterocycles. The highest BCUT2D eigenvalue weighted by Gasteiger charge is 2.19. The van der Waals surface area contributed by atoms with Gasteiger partial charge in [0.05, 0.1) is 11.0 Å².